The number of rotatable bonds is 4. The molecule has 0 spiro atoms. The molecule has 0 aliphatic rings. The largest absolute Gasteiger partial charge is 0.392 e. The van der Waals surface area contributed by atoms with E-state index in [2.05, 4.69) is 0 Å². The van der Waals surface area contributed by atoms with Gasteiger partial charge in [0.2, 0.25) is 0 Å². The van der Waals surface area contributed by atoms with Crippen molar-refractivity contribution in [3.8, 4) is 0 Å². The molecule has 2 N–H and O–H groups in total. The number of benzene rings is 1. The Balaban J connectivity index is 2.87. The maximum atomic E-state index is 10.3. The molecule has 0 fully saturated rings. The average Bonchev–Trinajstić information content (AvgIpc) is 2.27. The third kappa shape index (κ3) is 2.91. The summed E-state index contributed by atoms with van der Waals surface area (Å²) >= 11 is 0. The van der Waals surface area contributed by atoms with Crippen LogP contribution in [0.5, 0.6) is 0 Å². The monoisotopic (exact) mass is 206 g/mol. The van der Waals surface area contributed by atoms with E-state index in [0.29, 0.717) is 0 Å². The van der Waals surface area contributed by atoms with Crippen molar-refractivity contribution < 1.29 is 10.2 Å². The molecule has 0 bridgehead atoms. The van der Waals surface area contributed by atoms with Crippen molar-refractivity contribution in [2.45, 2.75) is 19.4 Å². The lowest BCUT2D eigenvalue weighted by molar-refractivity contribution is 0.0202. The van der Waals surface area contributed by atoms with Crippen LogP contribution in [0.1, 0.15) is 19.4 Å². The second-order valence-electron chi connectivity index (χ2n) is 3.91. The van der Waals surface area contributed by atoms with Gasteiger partial charge in [-0.1, -0.05) is 49.4 Å². The van der Waals surface area contributed by atoms with Crippen LogP contribution in [0.15, 0.2) is 42.5 Å². The van der Waals surface area contributed by atoms with Crippen LogP contribution in [0.2, 0.25) is 0 Å². The third-order valence-electron chi connectivity index (χ3n) is 2.78. The lowest BCUT2D eigenvalue weighted by Crippen LogP contribution is -2.28. The highest BCUT2D eigenvalue weighted by Crippen LogP contribution is 2.29. The van der Waals surface area contributed by atoms with Gasteiger partial charge in [0.1, 0.15) is 0 Å². The van der Waals surface area contributed by atoms with Crippen molar-refractivity contribution in [3.05, 3.63) is 48.0 Å². The molecular weight excluding hydrogens is 188 g/mol. The molecule has 1 aromatic carbocycles. The van der Waals surface area contributed by atoms with Gasteiger partial charge in [-0.3, -0.25) is 0 Å². The van der Waals surface area contributed by atoms with E-state index in [1.54, 1.807) is 13.0 Å². The van der Waals surface area contributed by atoms with E-state index in [0.717, 1.165) is 5.56 Å². The second kappa shape index (κ2) is 5.10. The van der Waals surface area contributed by atoms with Crippen LogP contribution in [0.3, 0.4) is 0 Å². The predicted molar refractivity (Wildman–Crippen MR) is 61.4 cm³/mol. The van der Waals surface area contributed by atoms with Gasteiger partial charge in [-0.15, -0.1) is 0 Å². The predicted octanol–water partition coefficient (Wildman–Crippen LogP) is 2.08. The first-order chi connectivity index (χ1) is 7.09. The molecule has 0 amide bonds. The van der Waals surface area contributed by atoms with Gasteiger partial charge in [-0.2, -0.15) is 0 Å². The Morgan fingerprint density at radius 1 is 1.33 bits per heavy atom. The maximum Gasteiger partial charge on any atom is 0.0928 e. The SMILES string of the molecule is CC(/C=C\CO)C(C)(O)c1ccccc1. The summed E-state index contributed by atoms with van der Waals surface area (Å²) in [6, 6.07) is 9.55. The molecule has 2 atom stereocenters. The van der Waals surface area contributed by atoms with E-state index in [1.807, 2.05) is 43.3 Å². The molecule has 2 heteroatoms. The zero-order chi connectivity index (χ0) is 11.3. The summed E-state index contributed by atoms with van der Waals surface area (Å²) in [6.45, 7) is 3.73. The lowest BCUT2D eigenvalue weighted by Gasteiger charge is -2.28. The summed E-state index contributed by atoms with van der Waals surface area (Å²) in [5.74, 6) is -0.0351. The van der Waals surface area contributed by atoms with Gasteiger partial charge in [0.25, 0.3) is 0 Å². The van der Waals surface area contributed by atoms with Gasteiger partial charge >= 0.3 is 0 Å². The Morgan fingerprint density at radius 3 is 2.47 bits per heavy atom. The molecule has 0 saturated heterocycles. The molecule has 2 unspecified atom stereocenters. The quantitative estimate of drug-likeness (QED) is 0.740. The second-order valence-corrected chi connectivity index (χ2v) is 3.91. The van der Waals surface area contributed by atoms with Gasteiger partial charge < -0.3 is 10.2 Å². The minimum atomic E-state index is -0.896. The highest BCUT2D eigenvalue weighted by Gasteiger charge is 2.28. The molecule has 0 radical (unpaired) electrons. The summed E-state index contributed by atoms with van der Waals surface area (Å²) in [6.07, 6.45) is 3.48. The fraction of sp³-hybridized carbons (Fsp3) is 0.385. The normalized spacial score (nSPS) is 17.6. The fourth-order valence-corrected chi connectivity index (χ4v) is 1.49. The van der Waals surface area contributed by atoms with Gasteiger partial charge in [0.15, 0.2) is 0 Å². The average molecular weight is 206 g/mol. The standard InChI is InChI=1S/C13H18O2/c1-11(7-6-10-14)13(2,15)12-8-4-3-5-9-12/h3-9,11,14-15H,10H2,1-2H3/b7-6-. The topological polar surface area (TPSA) is 40.5 Å². The Kier molecular flexibility index (Phi) is 4.06. The summed E-state index contributed by atoms with van der Waals surface area (Å²) in [7, 11) is 0. The number of aliphatic hydroxyl groups excluding tert-OH is 1. The lowest BCUT2D eigenvalue weighted by atomic mass is 9.84. The molecule has 0 saturated carbocycles. The Labute approximate surface area is 90.9 Å². The Hall–Kier alpha value is -1.12. The molecule has 2 nitrogen and oxygen atoms in total. The van der Waals surface area contributed by atoms with Gasteiger partial charge in [-0.25, -0.2) is 0 Å². The smallest absolute Gasteiger partial charge is 0.0928 e. The van der Waals surface area contributed by atoms with Crippen molar-refractivity contribution in [1.29, 1.82) is 0 Å². The van der Waals surface area contributed by atoms with E-state index < -0.39 is 5.60 Å². The minimum absolute atomic E-state index is 0.00914. The molecule has 0 aromatic heterocycles. The van der Waals surface area contributed by atoms with Crippen LogP contribution in [0, 0.1) is 5.92 Å². The highest BCUT2D eigenvalue weighted by molar-refractivity contribution is 5.23. The summed E-state index contributed by atoms with van der Waals surface area (Å²) < 4.78 is 0. The van der Waals surface area contributed by atoms with Crippen molar-refractivity contribution in [1.82, 2.24) is 0 Å². The van der Waals surface area contributed by atoms with Crippen molar-refractivity contribution in [2.24, 2.45) is 5.92 Å². The summed E-state index contributed by atoms with van der Waals surface area (Å²) in [5, 5.41) is 19.0. The van der Waals surface area contributed by atoms with Crippen LogP contribution in [0.25, 0.3) is 0 Å². The maximum absolute atomic E-state index is 10.3. The van der Waals surface area contributed by atoms with Gasteiger partial charge in [0.05, 0.1) is 12.2 Å². The van der Waals surface area contributed by atoms with E-state index in [1.165, 1.54) is 0 Å². The summed E-state index contributed by atoms with van der Waals surface area (Å²) in [4.78, 5) is 0. The van der Waals surface area contributed by atoms with Crippen molar-refractivity contribution in [3.63, 3.8) is 0 Å². The first-order valence-corrected chi connectivity index (χ1v) is 5.14. The molecule has 15 heavy (non-hydrogen) atoms. The van der Waals surface area contributed by atoms with Crippen LogP contribution in [-0.4, -0.2) is 16.8 Å². The molecule has 0 aliphatic heterocycles. The number of hydrogen-bond acceptors (Lipinski definition) is 2. The fourth-order valence-electron chi connectivity index (χ4n) is 1.49. The molecule has 1 aromatic rings. The van der Waals surface area contributed by atoms with Crippen molar-refractivity contribution >= 4 is 0 Å². The zero-order valence-corrected chi connectivity index (χ0v) is 9.22. The first-order valence-electron chi connectivity index (χ1n) is 5.14. The van der Waals surface area contributed by atoms with E-state index >= 15 is 0 Å². The molecule has 0 aliphatic carbocycles. The zero-order valence-electron chi connectivity index (χ0n) is 9.22. The highest BCUT2D eigenvalue weighted by atomic mass is 16.3. The van der Waals surface area contributed by atoms with E-state index in [9.17, 15) is 5.11 Å². The van der Waals surface area contributed by atoms with E-state index in [4.69, 9.17) is 5.11 Å². The van der Waals surface area contributed by atoms with Crippen LogP contribution >= 0.6 is 0 Å². The first kappa shape index (κ1) is 12.0. The molecular formula is C13H18O2. The van der Waals surface area contributed by atoms with Crippen LogP contribution in [0.4, 0.5) is 0 Å². The summed E-state index contributed by atoms with van der Waals surface area (Å²) in [5.41, 5.74) is -0.00693. The Bertz CT molecular complexity index is 315. The molecule has 82 valence electrons. The van der Waals surface area contributed by atoms with Crippen LogP contribution < -0.4 is 0 Å². The molecule has 0 heterocycles. The third-order valence-corrected chi connectivity index (χ3v) is 2.78. The van der Waals surface area contributed by atoms with Gasteiger partial charge in [-0.05, 0) is 12.5 Å². The van der Waals surface area contributed by atoms with Gasteiger partial charge in [0, 0.05) is 5.92 Å². The molecule has 1 rings (SSSR count). The van der Waals surface area contributed by atoms with Crippen molar-refractivity contribution in [2.75, 3.05) is 6.61 Å². The van der Waals surface area contributed by atoms with E-state index in [-0.39, 0.29) is 12.5 Å². The Morgan fingerprint density at radius 2 is 1.93 bits per heavy atom. The minimum Gasteiger partial charge on any atom is -0.392 e. The number of hydrogen-bond donors (Lipinski definition) is 2. The van der Waals surface area contributed by atoms with Crippen LogP contribution in [-0.2, 0) is 5.60 Å². The number of aliphatic hydroxyl groups is 2.